The number of hydrogen-bond acceptors (Lipinski definition) is 8. The van der Waals surface area contributed by atoms with Gasteiger partial charge in [0, 0.05) is 31.7 Å². The average molecular weight is 465 g/mol. The highest BCUT2D eigenvalue weighted by Crippen LogP contribution is 2.33. The number of hydrogen-bond donors (Lipinski definition) is 0. The largest absolute Gasteiger partial charge is 0.497 e. The zero-order valence-corrected chi connectivity index (χ0v) is 19.8. The number of methoxy groups -OCH3 is 4. The summed E-state index contributed by atoms with van der Waals surface area (Å²) in [6.07, 6.45) is 0. The van der Waals surface area contributed by atoms with Crippen molar-refractivity contribution in [2.75, 3.05) is 59.5 Å². The number of carbonyl (C=O) groups excluding carboxylic acids is 1. The quantitative estimate of drug-likeness (QED) is 0.527. The Kier molecular flexibility index (Phi) is 7.01. The average Bonchev–Trinajstić information content (AvgIpc) is 2.91. The summed E-state index contributed by atoms with van der Waals surface area (Å²) in [5.41, 5.74) is 1.94. The lowest BCUT2D eigenvalue weighted by atomic mass is 10.1. The molecule has 3 aromatic rings. The van der Waals surface area contributed by atoms with Crippen LogP contribution in [0.3, 0.4) is 0 Å². The highest BCUT2D eigenvalue weighted by Gasteiger charge is 2.27. The molecule has 0 bridgehead atoms. The van der Waals surface area contributed by atoms with Gasteiger partial charge in [0.25, 0.3) is 5.91 Å². The van der Waals surface area contributed by atoms with Crippen molar-refractivity contribution in [2.24, 2.45) is 0 Å². The lowest BCUT2D eigenvalue weighted by Crippen LogP contribution is -2.49. The van der Waals surface area contributed by atoms with Crippen molar-refractivity contribution in [3.05, 3.63) is 54.1 Å². The third kappa shape index (κ3) is 4.54. The molecular weight excluding hydrogens is 436 g/mol. The molecule has 0 radical (unpaired) electrons. The number of ether oxygens (including phenoxy) is 4. The van der Waals surface area contributed by atoms with Crippen LogP contribution in [-0.4, -0.2) is 75.6 Å². The standard InChI is InChI=1S/C25H28N4O5/c1-31-17-8-10-20(32-2)18(16-17)19-9-11-23(27-26-19)28-12-14-29(15-13-28)25(30)24-21(33-3)6-5-7-22(24)34-4/h5-11,16H,12-15H2,1-4H3. The first-order valence-corrected chi connectivity index (χ1v) is 10.9. The van der Waals surface area contributed by atoms with Gasteiger partial charge in [0.2, 0.25) is 0 Å². The second kappa shape index (κ2) is 10.3. The molecule has 0 atom stereocenters. The smallest absolute Gasteiger partial charge is 0.261 e. The molecule has 2 aromatic carbocycles. The minimum atomic E-state index is -0.111. The van der Waals surface area contributed by atoms with Crippen LogP contribution in [0.15, 0.2) is 48.5 Å². The predicted molar refractivity (Wildman–Crippen MR) is 128 cm³/mol. The zero-order valence-electron chi connectivity index (χ0n) is 19.8. The number of anilines is 1. The highest BCUT2D eigenvalue weighted by molar-refractivity contribution is 5.99. The van der Waals surface area contributed by atoms with E-state index in [1.165, 1.54) is 0 Å². The van der Waals surface area contributed by atoms with E-state index in [1.807, 2.05) is 30.3 Å². The van der Waals surface area contributed by atoms with Crippen molar-refractivity contribution in [3.8, 4) is 34.3 Å². The first kappa shape index (κ1) is 23.2. The molecule has 1 aliphatic rings. The van der Waals surface area contributed by atoms with Gasteiger partial charge in [-0.15, -0.1) is 10.2 Å². The second-order valence-electron chi connectivity index (χ2n) is 7.66. The number of amides is 1. The van der Waals surface area contributed by atoms with Gasteiger partial charge < -0.3 is 28.7 Å². The molecule has 0 saturated carbocycles. The van der Waals surface area contributed by atoms with Crippen molar-refractivity contribution < 1.29 is 23.7 Å². The Morgan fingerprint density at radius 1 is 0.765 bits per heavy atom. The summed E-state index contributed by atoms with van der Waals surface area (Å²) in [7, 11) is 6.34. The Morgan fingerprint density at radius 2 is 1.44 bits per heavy atom. The van der Waals surface area contributed by atoms with Crippen molar-refractivity contribution in [3.63, 3.8) is 0 Å². The first-order chi connectivity index (χ1) is 16.6. The zero-order chi connectivity index (χ0) is 24.1. The maximum atomic E-state index is 13.2. The molecule has 1 amide bonds. The van der Waals surface area contributed by atoms with E-state index in [-0.39, 0.29) is 5.91 Å². The van der Waals surface area contributed by atoms with Crippen LogP contribution in [0.4, 0.5) is 5.82 Å². The monoisotopic (exact) mass is 464 g/mol. The van der Waals surface area contributed by atoms with E-state index >= 15 is 0 Å². The van der Waals surface area contributed by atoms with Crippen LogP contribution in [0.25, 0.3) is 11.3 Å². The molecule has 34 heavy (non-hydrogen) atoms. The third-order valence-corrected chi connectivity index (χ3v) is 5.87. The second-order valence-corrected chi connectivity index (χ2v) is 7.66. The lowest BCUT2D eigenvalue weighted by Gasteiger charge is -2.35. The number of nitrogens with zero attached hydrogens (tertiary/aromatic N) is 4. The van der Waals surface area contributed by atoms with Crippen LogP contribution in [0.5, 0.6) is 23.0 Å². The summed E-state index contributed by atoms with van der Waals surface area (Å²) in [5.74, 6) is 3.06. The number of benzene rings is 2. The van der Waals surface area contributed by atoms with E-state index in [1.54, 1.807) is 51.5 Å². The minimum absolute atomic E-state index is 0.111. The van der Waals surface area contributed by atoms with Crippen molar-refractivity contribution in [2.45, 2.75) is 0 Å². The number of aromatic nitrogens is 2. The maximum absolute atomic E-state index is 13.2. The molecule has 1 saturated heterocycles. The molecule has 9 heteroatoms. The summed E-state index contributed by atoms with van der Waals surface area (Å²) >= 11 is 0. The third-order valence-electron chi connectivity index (χ3n) is 5.87. The molecule has 2 heterocycles. The summed E-state index contributed by atoms with van der Waals surface area (Å²) in [5, 5.41) is 8.84. The molecule has 0 spiro atoms. The van der Waals surface area contributed by atoms with E-state index < -0.39 is 0 Å². The predicted octanol–water partition coefficient (Wildman–Crippen LogP) is 3.14. The van der Waals surface area contributed by atoms with Crippen LogP contribution in [-0.2, 0) is 0 Å². The lowest BCUT2D eigenvalue weighted by molar-refractivity contribution is 0.0739. The van der Waals surface area contributed by atoms with Gasteiger partial charge in [-0.3, -0.25) is 4.79 Å². The summed E-state index contributed by atoms with van der Waals surface area (Å²) in [6.45, 7) is 2.37. The Morgan fingerprint density at radius 3 is 2.00 bits per heavy atom. The van der Waals surface area contributed by atoms with Crippen LogP contribution in [0.1, 0.15) is 10.4 Å². The van der Waals surface area contributed by atoms with Gasteiger partial charge in [-0.2, -0.15) is 0 Å². The van der Waals surface area contributed by atoms with Crippen molar-refractivity contribution in [1.82, 2.24) is 15.1 Å². The van der Waals surface area contributed by atoms with Crippen LogP contribution < -0.4 is 23.8 Å². The first-order valence-electron chi connectivity index (χ1n) is 10.9. The van der Waals surface area contributed by atoms with E-state index in [0.717, 1.165) is 11.4 Å². The fraction of sp³-hybridized carbons (Fsp3) is 0.320. The van der Waals surface area contributed by atoms with Crippen LogP contribution in [0, 0.1) is 0 Å². The van der Waals surface area contributed by atoms with Gasteiger partial charge in [-0.1, -0.05) is 6.07 Å². The van der Waals surface area contributed by atoms with Gasteiger partial charge in [0.15, 0.2) is 5.82 Å². The molecule has 0 aliphatic carbocycles. The molecule has 1 fully saturated rings. The summed E-state index contributed by atoms with van der Waals surface area (Å²) in [4.78, 5) is 17.1. The Labute approximate surface area is 198 Å². The molecule has 4 rings (SSSR count). The van der Waals surface area contributed by atoms with E-state index in [2.05, 4.69) is 15.1 Å². The fourth-order valence-electron chi connectivity index (χ4n) is 4.01. The van der Waals surface area contributed by atoms with E-state index in [0.29, 0.717) is 60.4 Å². The molecule has 178 valence electrons. The SMILES string of the molecule is COc1ccc(OC)c(-c2ccc(N3CCN(C(=O)c4c(OC)cccc4OC)CC3)nn2)c1. The molecular formula is C25H28N4O5. The molecule has 1 aliphatic heterocycles. The van der Waals surface area contributed by atoms with Gasteiger partial charge in [0.05, 0.1) is 34.1 Å². The highest BCUT2D eigenvalue weighted by atomic mass is 16.5. The molecule has 1 aromatic heterocycles. The van der Waals surface area contributed by atoms with Crippen molar-refractivity contribution in [1.29, 1.82) is 0 Å². The number of carbonyl (C=O) groups is 1. The maximum Gasteiger partial charge on any atom is 0.261 e. The van der Waals surface area contributed by atoms with Gasteiger partial charge in [0.1, 0.15) is 28.6 Å². The normalized spacial score (nSPS) is 13.4. The summed E-state index contributed by atoms with van der Waals surface area (Å²) in [6, 6.07) is 14.7. The van der Waals surface area contributed by atoms with Crippen molar-refractivity contribution >= 4 is 11.7 Å². The Bertz CT molecular complexity index is 1120. The van der Waals surface area contributed by atoms with E-state index in [9.17, 15) is 4.79 Å². The van der Waals surface area contributed by atoms with Crippen LogP contribution in [0.2, 0.25) is 0 Å². The molecule has 0 N–H and O–H groups in total. The van der Waals surface area contributed by atoms with E-state index in [4.69, 9.17) is 18.9 Å². The number of rotatable bonds is 7. The molecule has 0 unspecified atom stereocenters. The Balaban J connectivity index is 1.46. The minimum Gasteiger partial charge on any atom is -0.497 e. The van der Waals surface area contributed by atoms with Gasteiger partial charge in [-0.25, -0.2) is 0 Å². The summed E-state index contributed by atoms with van der Waals surface area (Å²) < 4.78 is 21.6. The van der Waals surface area contributed by atoms with Crippen LogP contribution >= 0.6 is 0 Å². The number of piperazine rings is 1. The topological polar surface area (TPSA) is 86.3 Å². The Hall–Kier alpha value is -4.01. The van der Waals surface area contributed by atoms with Gasteiger partial charge in [-0.05, 0) is 42.5 Å². The molecule has 9 nitrogen and oxygen atoms in total. The van der Waals surface area contributed by atoms with Gasteiger partial charge >= 0.3 is 0 Å². The fourth-order valence-corrected chi connectivity index (χ4v) is 4.01.